The van der Waals surface area contributed by atoms with Gasteiger partial charge in [-0.25, -0.2) is 9.59 Å². The number of nitrogens with zero attached hydrogens (tertiary/aromatic N) is 3. The Labute approximate surface area is 115 Å². The van der Waals surface area contributed by atoms with Gasteiger partial charge < -0.3 is 19.5 Å². The predicted molar refractivity (Wildman–Crippen MR) is 69.0 cm³/mol. The molecule has 1 rings (SSSR count). The third-order valence-corrected chi connectivity index (χ3v) is 2.57. The van der Waals surface area contributed by atoms with E-state index < -0.39 is 18.0 Å². The fourth-order valence-electron chi connectivity index (χ4n) is 1.19. The van der Waals surface area contributed by atoms with Gasteiger partial charge in [-0.3, -0.25) is 5.32 Å². The van der Waals surface area contributed by atoms with E-state index in [9.17, 15) is 9.59 Å². The van der Waals surface area contributed by atoms with E-state index in [1.807, 2.05) is 0 Å². The summed E-state index contributed by atoms with van der Waals surface area (Å²) in [5.74, 6) is -0.746. The van der Waals surface area contributed by atoms with E-state index in [4.69, 9.17) is 14.6 Å². The Hall–Kier alpha value is -2.58. The molecule has 1 aromatic heterocycles. The van der Waals surface area contributed by atoms with Crippen molar-refractivity contribution < 1.29 is 24.2 Å². The number of carbonyl (C=O) groups is 2. The molecule has 0 saturated heterocycles. The molecule has 110 valence electrons. The smallest absolute Gasteiger partial charge is 0.326 e. The molecule has 0 spiro atoms. The van der Waals surface area contributed by atoms with Crippen molar-refractivity contribution in [1.29, 1.82) is 0 Å². The number of carboxylic acid groups (broad SMARTS) is 1. The normalized spacial score (nSPS) is 11.4. The van der Waals surface area contributed by atoms with Gasteiger partial charge in [0.25, 0.3) is 0 Å². The van der Waals surface area contributed by atoms with E-state index in [1.54, 1.807) is 0 Å². The zero-order valence-electron chi connectivity index (χ0n) is 11.6. The minimum atomic E-state index is -1.12. The lowest BCUT2D eigenvalue weighted by Gasteiger charge is -2.21. The van der Waals surface area contributed by atoms with Crippen LogP contribution in [0.15, 0.2) is 6.07 Å². The van der Waals surface area contributed by atoms with E-state index in [0.29, 0.717) is 0 Å². The average Bonchev–Trinajstić information content (AvgIpc) is 2.44. The van der Waals surface area contributed by atoms with Gasteiger partial charge in [0.05, 0.1) is 20.3 Å². The van der Waals surface area contributed by atoms with E-state index in [2.05, 4.69) is 15.3 Å². The van der Waals surface area contributed by atoms with Crippen LogP contribution in [0.25, 0.3) is 0 Å². The second kappa shape index (κ2) is 6.55. The summed E-state index contributed by atoms with van der Waals surface area (Å²) < 4.78 is 9.87. The van der Waals surface area contributed by atoms with Crippen LogP contribution < -0.4 is 14.8 Å². The molecular weight excluding hydrogens is 268 g/mol. The minimum Gasteiger partial charge on any atom is -0.481 e. The number of anilines is 1. The summed E-state index contributed by atoms with van der Waals surface area (Å²) in [5.41, 5.74) is 0. The Morgan fingerprint density at radius 2 is 1.80 bits per heavy atom. The van der Waals surface area contributed by atoms with Crippen LogP contribution in [0.3, 0.4) is 0 Å². The molecule has 0 saturated carbocycles. The van der Waals surface area contributed by atoms with Crippen molar-refractivity contribution in [2.24, 2.45) is 0 Å². The quantitative estimate of drug-likeness (QED) is 0.805. The Balaban J connectivity index is 2.87. The van der Waals surface area contributed by atoms with Gasteiger partial charge in [-0.2, -0.15) is 9.97 Å². The third kappa shape index (κ3) is 3.70. The average molecular weight is 284 g/mol. The van der Waals surface area contributed by atoms with Crippen LogP contribution in [0.1, 0.15) is 6.92 Å². The van der Waals surface area contributed by atoms with Crippen LogP contribution in [0.2, 0.25) is 0 Å². The molecule has 0 fully saturated rings. The molecule has 9 nitrogen and oxygen atoms in total. The summed E-state index contributed by atoms with van der Waals surface area (Å²) in [4.78, 5) is 31.5. The molecule has 20 heavy (non-hydrogen) atoms. The highest BCUT2D eigenvalue weighted by Crippen LogP contribution is 2.17. The van der Waals surface area contributed by atoms with Crippen molar-refractivity contribution in [2.45, 2.75) is 13.0 Å². The molecule has 0 aliphatic rings. The van der Waals surface area contributed by atoms with E-state index in [1.165, 1.54) is 34.3 Å². The number of aromatic nitrogens is 2. The zero-order valence-corrected chi connectivity index (χ0v) is 11.6. The van der Waals surface area contributed by atoms with Crippen LogP contribution in [0.4, 0.5) is 10.7 Å². The highest BCUT2D eigenvalue weighted by molar-refractivity contribution is 5.90. The van der Waals surface area contributed by atoms with Crippen LogP contribution in [-0.2, 0) is 4.79 Å². The highest BCUT2D eigenvalue weighted by atomic mass is 16.5. The lowest BCUT2D eigenvalue weighted by Crippen LogP contribution is -2.42. The summed E-state index contributed by atoms with van der Waals surface area (Å²) >= 11 is 0. The third-order valence-electron chi connectivity index (χ3n) is 2.57. The predicted octanol–water partition coefficient (Wildman–Crippen LogP) is 0.431. The second-order valence-corrected chi connectivity index (χ2v) is 3.83. The number of carboxylic acids is 1. The summed E-state index contributed by atoms with van der Waals surface area (Å²) in [5, 5.41) is 11.2. The largest absolute Gasteiger partial charge is 0.481 e. The number of ether oxygens (including phenoxy) is 2. The summed E-state index contributed by atoms with van der Waals surface area (Å²) in [6.45, 7) is 1.38. The number of aliphatic carboxylic acids is 1. The molecule has 0 aliphatic carbocycles. The number of amides is 2. The summed E-state index contributed by atoms with van der Waals surface area (Å²) in [6, 6.07) is -0.197. The van der Waals surface area contributed by atoms with Crippen molar-refractivity contribution in [2.75, 3.05) is 26.6 Å². The maximum absolute atomic E-state index is 11.8. The van der Waals surface area contributed by atoms with Crippen LogP contribution >= 0.6 is 0 Å². The first kappa shape index (κ1) is 15.5. The van der Waals surface area contributed by atoms with E-state index in [0.717, 1.165) is 4.90 Å². The van der Waals surface area contributed by atoms with Crippen molar-refractivity contribution >= 4 is 17.9 Å². The van der Waals surface area contributed by atoms with Gasteiger partial charge in [-0.1, -0.05) is 0 Å². The fraction of sp³-hybridized carbons (Fsp3) is 0.455. The number of hydrogen-bond acceptors (Lipinski definition) is 6. The van der Waals surface area contributed by atoms with Gasteiger partial charge in [0.1, 0.15) is 6.04 Å². The lowest BCUT2D eigenvalue weighted by atomic mass is 10.3. The van der Waals surface area contributed by atoms with Gasteiger partial charge in [0, 0.05) is 7.05 Å². The van der Waals surface area contributed by atoms with Gasteiger partial charge >= 0.3 is 12.0 Å². The van der Waals surface area contributed by atoms with Gasteiger partial charge in [-0.05, 0) is 6.92 Å². The summed E-state index contributed by atoms with van der Waals surface area (Å²) in [7, 11) is 4.17. The van der Waals surface area contributed by atoms with E-state index >= 15 is 0 Å². The monoisotopic (exact) mass is 284 g/mol. The Morgan fingerprint density at radius 3 is 2.20 bits per heavy atom. The number of hydrogen-bond donors (Lipinski definition) is 2. The standard InChI is InChI=1S/C11H16N4O5/c1-6(9(16)17)15(2)11(18)14-10-12-7(19-3)5-8(13-10)20-4/h5-6H,1-4H3,(H,16,17)(H,12,13,14,18). The molecule has 0 bridgehead atoms. The van der Waals surface area contributed by atoms with Crippen molar-refractivity contribution in [1.82, 2.24) is 14.9 Å². The highest BCUT2D eigenvalue weighted by Gasteiger charge is 2.22. The van der Waals surface area contributed by atoms with Crippen molar-refractivity contribution in [3.8, 4) is 11.8 Å². The maximum Gasteiger partial charge on any atom is 0.326 e. The maximum atomic E-state index is 11.8. The van der Waals surface area contributed by atoms with Gasteiger partial charge in [-0.15, -0.1) is 0 Å². The number of carbonyl (C=O) groups excluding carboxylic acids is 1. The van der Waals surface area contributed by atoms with Crippen LogP contribution in [0, 0.1) is 0 Å². The van der Waals surface area contributed by atoms with Crippen molar-refractivity contribution in [3.63, 3.8) is 0 Å². The SMILES string of the molecule is COc1cc(OC)nc(NC(=O)N(C)C(C)C(=O)O)n1. The molecular formula is C11H16N4O5. The Kier molecular flexibility index (Phi) is 5.07. The molecule has 1 atom stereocenters. The van der Waals surface area contributed by atoms with Crippen LogP contribution in [-0.4, -0.2) is 59.3 Å². The fourth-order valence-corrected chi connectivity index (χ4v) is 1.19. The van der Waals surface area contributed by atoms with Gasteiger partial charge in [0.15, 0.2) is 0 Å². The van der Waals surface area contributed by atoms with Crippen LogP contribution in [0.5, 0.6) is 11.8 Å². The second-order valence-electron chi connectivity index (χ2n) is 3.83. The number of urea groups is 1. The number of likely N-dealkylation sites (N-methyl/N-ethyl adjacent to an activating group) is 1. The molecule has 0 radical (unpaired) electrons. The Bertz CT molecular complexity index is 485. The molecule has 0 aliphatic heterocycles. The first-order chi connectivity index (χ1) is 9.38. The number of nitrogens with one attached hydrogen (secondary N) is 1. The number of rotatable bonds is 5. The minimum absolute atomic E-state index is 0.0457. The first-order valence-electron chi connectivity index (χ1n) is 5.62. The van der Waals surface area contributed by atoms with E-state index in [-0.39, 0.29) is 17.7 Å². The first-order valence-corrected chi connectivity index (χ1v) is 5.62. The van der Waals surface area contributed by atoms with Crippen molar-refractivity contribution in [3.05, 3.63) is 6.07 Å². The molecule has 1 heterocycles. The summed E-state index contributed by atoms with van der Waals surface area (Å²) in [6.07, 6.45) is 0. The molecule has 0 aromatic carbocycles. The lowest BCUT2D eigenvalue weighted by molar-refractivity contribution is -0.141. The molecule has 1 unspecified atom stereocenters. The number of methoxy groups -OCH3 is 2. The molecule has 9 heteroatoms. The molecule has 2 amide bonds. The van der Waals surface area contributed by atoms with Gasteiger partial charge in [0.2, 0.25) is 17.7 Å². The Morgan fingerprint density at radius 1 is 1.30 bits per heavy atom. The zero-order chi connectivity index (χ0) is 15.3. The molecule has 1 aromatic rings. The molecule has 2 N–H and O–H groups in total. The topological polar surface area (TPSA) is 114 Å².